The van der Waals surface area contributed by atoms with Crippen molar-refractivity contribution >= 4 is 15.9 Å². The minimum absolute atomic E-state index is 0.102. The maximum absolute atomic E-state index is 5.94. The second-order valence-electron chi connectivity index (χ2n) is 5.01. The minimum atomic E-state index is 0.102. The van der Waals surface area contributed by atoms with Crippen molar-refractivity contribution in [3.63, 3.8) is 0 Å². The summed E-state index contributed by atoms with van der Waals surface area (Å²) in [4.78, 5) is 0. The highest BCUT2D eigenvalue weighted by molar-refractivity contribution is 9.10. The van der Waals surface area contributed by atoms with Crippen LogP contribution >= 0.6 is 15.9 Å². The van der Waals surface area contributed by atoms with Gasteiger partial charge in [-0.25, -0.2) is 0 Å². The first-order valence-electron chi connectivity index (χ1n) is 6.72. The van der Waals surface area contributed by atoms with Crippen LogP contribution in [0.1, 0.15) is 23.8 Å². The third kappa shape index (κ3) is 4.12. The van der Waals surface area contributed by atoms with Gasteiger partial charge in [-0.3, -0.25) is 0 Å². The maximum Gasteiger partial charge on any atom is 0.120 e. The van der Waals surface area contributed by atoms with Crippen LogP contribution in [0.15, 0.2) is 39.4 Å². The Morgan fingerprint density at radius 1 is 1.30 bits per heavy atom. The van der Waals surface area contributed by atoms with Gasteiger partial charge in [0.2, 0.25) is 0 Å². The minimum Gasteiger partial charge on any atom is -0.489 e. The molecule has 0 amide bonds. The van der Waals surface area contributed by atoms with Crippen molar-refractivity contribution < 1.29 is 9.15 Å². The van der Waals surface area contributed by atoms with E-state index in [0.29, 0.717) is 0 Å². The number of halogens is 1. The van der Waals surface area contributed by atoms with E-state index in [-0.39, 0.29) is 6.10 Å². The molecule has 108 valence electrons. The van der Waals surface area contributed by atoms with Crippen LogP contribution in [0.3, 0.4) is 0 Å². The number of rotatable bonds is 6. The standard InChI is InChI=1S/C16H20BrNO2/c1-11-7-15(8-12(2)16(11)17)20-13(3)9-18-10-14-5-4-6-19-14/h4-8,13,18H,9-10H2,1-3H3. The molecule has 0 radical (unpaired) electrons. The third-order valence-electron chi connectivity index (χ3n) is 3.06. The Kier molecular flexibility index (Phi) is 5.26. The predicted octanol–water partition coefficient (Wildman–Crippen LogP) is 4.22. The lowest BCUT2D eigenvalue weighted by Gasteiger charge is -2.16. The fourth-order valence-corrected chi connectivity index (χ4v) is 2.29. The summed E-state index contributed by atoms with van der Waals surface area (Å²) in [5.74, 6) is 1.85. The van der Waals surface area contributed by atoms with E-state index in [0.717, 1.165) is 29.1 Å². The average Bonchev–Trinajstić information content (AvgIpc) is 2.89. The summed E-state index contributed by atoms with van der Waals surface area (Å²) in [7, 11) is 0. The van der Waals surface area contributed by atoms with Crippen molar-refractivity contribution in [1.29, 1.82) is 0 Å². The van der Waals surface area contributed by atoms with Crippen molar-refractivity contribution in [3.8, 4) is 5.75 Å². The molecule has 1 N–H and O–H groups in total. The molecule has 4 heteroatoms. The van der Waals surface area contributed by atoms with Crippen LogP contribution in [0, 0.1) is 13.8 Å². The molecule has 0 saturated carbocycles. The molecule has 0 spiro atoms. The normalized spacial score (nSPS) is 12.4. The van der Waals surface area contributed by atoms with Crippen molar-refractivity contribution in [2.75, 3.05) is 6.54 Å². The van der Waals surface area contributed by atoms with Gasteiger partial charge in [0, 0.05) is 11.0 Å². The quantitative estimate of drug-likeness (QED) is 0.857. The molecule has 1 unspecified atom stereocenters. The lowest BCUT2D eigenvalue weighted by molar-refractivity contribution is 0.215. The zero-order chi connectivity index (χ0) is 14.5. The molecule has 0 aliphatic heterocycles. The highest BCUT2D eigenvalue weighted by Gasteiger charge is 2.07. The zero-order valence-corrected chi connectivity index (χ0v) is 13.7. The van der Waals surface area contributed by atoms with E-state index in [1.807, 2.05) is 12.1 Å². The fraction of sp³-hybridized carbons (Fsp3) is 0.375. The number of hydrogen-bond acceptors (Lipinski definition) is 3. The van der Waals surface area contributed by atoms with E-state index in [4.69, 9.17) is 9.15 Å². The van der Waals surface area contributed by atoms with Crippen LogP contribution in [0.5, 0.6) is 5.75 Å². The van der Waals surface area contributed by atoms with Gasteiger partial charge in [-0.1, -0.05) is 15.9 Å². The molecule has 3 nitrogen and oxygen atoms in total. The number of aryl methyl sites for hydroxylation is 2. The fourth-order valence-electron chi connectivity index (χ4n) is 2.06. The van der Waals surface area contributed by atoms with E-state index < -0.39 is 0 Å². The number of ether oxygens (including phenoxy) is 1. The SMILES string of the molecule is Cc1cc(OC(C)CNCc2ccco2)cc(C)c1Br. The molecule has 0 fully saturated rings. The van der Waals surface area contributed by atoms with Crippen LogP contribution in [0.25, 0.3) is 0 Å². The predicted molar refractivity (Wildman–Crippen MR) is 84.1 cm³/mol. The first kappa shape index (κ1) is 15.1. The summed E-state index contributed by atoms with van der Waals surface area (Å²) in [6, 6.07) is 7.96. The van der Waals surface area contributed by atoms with Gasteiger partial charge in [-0.05, 0) is 56.2 Å². The van der Waals surface area contributed by atoms with Gasteiger partial charge in [0.1, 0.15) is 17.6 Å². The summed E-state index contributed by atoms with van der Waals surface area (Å²) >= 11 is 3.57. The second-order valence-corrected chi connectivity index (χ2v) is 5.80. The Labute approximate surface area is 128 Å². The summed E-state index contributed by atoms with van der Waals surface area (Å²) in [5.41, 5.74) is 2.38. The van der Waals surface area contributed by atoms with Crippen LogP contribution in [0.4, 0.5) is 0 Å². The zero-order valence-electron chi connectivity index (χ0n) is 12.1. The lowest BCUT2D eigenvalue weighted by atomic mass is 10.1. The van der Waals surface area contributed by atoms with Crippen molar-refractivity contribution in [2.45, 2.75) is 33.4 Å². The van der Waals surface area contributed by atoms with Crippen LogP contribution in [-0.4, -0.2) is 12.6 Å². The van der Waals surface area contributed by atoms with Crippen molar-refractivity contribution in [2.24, 2.45) is 0 Å². The van der Waals surface area contributed by atoms with Gasteiger partial charge < -0.3 is 14.5 Å². The smallest absolute Gasteiger partial charge is 0.120 e. The Morgan fingerprint density at radius 2 is 2.00 bits per heavy atom. The van der Waals surface area contributed by atoms with E-state index >= 15 is 0 Å². The summed E-state index contributed by atoms with van der Waals surface area (Å²) < 4.78 is 12.4. The Hall–Kier alpha value is -1.26. The van der Waals surface area contributed by atoms with Crippen LogP contribution < -0.4 is 10.1 Å². The average molecular weight is 338 g/mol. The molecule has 0 aliphatic rings. The topological polar surface area (TPSA) is 34.4 Å². The molecule has 1 heterocycles. The monoisotopic (exact) mass is 337 g/mol. The van der Waals surface area contributed by atoms with Crippen molar-refractivity contribution in [1.82, 2.24) is 5.32 Å². The Bertz CT molecular complexity index is 529. The molecule has 1 aromatic heterocycles. The third-order valence-corrected chi connectivity index (χ3v) is 4.31. The number of hydrogen-bond donors (Lipinski definition) is 1. The maximum atomic E-state index is 5.94. The lowest BCUT2D eigenvalue weighted by Crippen LogP contribution is -2.28. The molecule has 20 heavy (non-hydrogen) atoms. The molecular formula is C16H20BrNO2. The van der Waals surface area contributed by atoms with E-state index in [1.54, 1.807) is 6.26 Å². The second kappa shape index (κ2) is 6.95. The summed E-state index contributed by atoms with van der Waals surface area (Å²) in [6.45, 7) is 7.70. The number of nitrogens with one attached hydrogen (secondary N) is 1. The molecular weight excluding hydrogens is 318 g/mol. The number of furan rings is 1. The Balaban J connectivity index is 1.83. The number of benzene rings is 1. The van der Waals surface area contributed by atoms with Gasteiger partial charge >= 0.3 is 0 Å². The van der Waals surface area contributed by atoms with Crippen molar-refractivity contribution in [3.05, 3.63) is 51.9 Å². The van der Waals surface area contributed by atoms with Gasteiger partial charge in [0.05, 0.1) is 12.8 Å². The van der Waals surface area contributed by atoms with E-state index in [9.17, 15) is 0 Å². The first-order chi connectivity index (χ1) is 9.56. The molecule has 2 rings (SSSR count). The molecule has 1 aromatic carbocycles. The highest BCUT2D eigenvalue weighted by Crippen LogP contribution is 2.26. The molecule has 2 aromatic rings. The first-order valence-corrected chi connectivity index (χ1v) is 7.52. The Morgan fingerprint density at radius 3 is 2.60 bits per heavy atom. The van der Waals surface area contributed by atoms with Crippen LogP contribution in [0.2, 0.25) is 0 Å². The molecule has 1 atom stereocenters. The van der Waals surface area contributed by atoms with Gasteiger partial charge in [0.25, 0.3) is 0 Å². The highest BCUT2D eigenvalue weighted by atomic mass is 79.9. The summed E-state index contributed by atoms with van der Waals surface area (Å²) in [5, 5.41) is 3.32. The van der Waals surface area contributed by atoms with Gasteiger partial charge in [-0.2, -0.15) is 0 Å². The molecule has 0 saturated heterocycles. The molecule has 0 bridgehead atoms. The largest absolute Gasteiger partial charge is 0.489 e. The van der Waals surface area contributed by atoms with Gasteiger partial charge in [0.15, 0.2) is 0 Å². The molecule has 0 aliphatic carbocycles. The van der Waals surface area contributed by atoms with E-state index in [2.05, 4.69) is 54.2 Å². The summed E-state index contributed by atoms with van der Waals surface area (Å²) in [6.07, 6.45) is 1.79. The van der Waals surface area contributed by atoms with E-state index in [1.165, 1.54) is 11.1 Å². The van der Waals surface area contributed by atoms with Gasteiger partial charge in [-0.15, -0.1) is 0 Å². The van der Waals surface area contributed by atoms with Crippen LogP contribution in [-0.2, 0) is 6.54 Å².